The van der Waals surface area contributed by atoms with Crippen LogP contribution < -0.4 is 10.4 Å². The molecular weight excluding hydrogens is 318 g/mol. The molecule has 0 spiro atoms. The third-order valence-corrected chi connectivity index (χ3v) is 6.11. The summed E-state index contributed by atoms with van der Waals surface area (Å²) in [6.45, 7) is 1.73. The highest BCUT2D eigenvalue weighted by Crippen LogP contribution is 2.24. The minimum atomic E-state index is -3.39. The van der Waals surface area contributed by atoms with E-state index in [1.54, 1.807) is 5.48 Å². The maximum Gasteiger partial charge on any atom is 0.286 e. The van der Waals surface area contributed by atoms with Crippen LogP contribution >= 0.6 is 11.3 Å². The van der Waals surface area contributed by atoms with Gasteiger partial charge in [0.05, 0.1) is 6.20 Å². The highest BCUT2D eigenvalue weighted by atomic mass is 32.2. The summed E-state index contributed by atoms with van der Waals surface area (Å²) >= 11 is 1.15. The van der Waals surface area contributed by atoms with E-state index in [0.717, 1.165) is 11.3 Å². The van der Waals surface area contributed by atoms with Crippen molar-refractivity contribution >= 4 is 32.6 Å². The molecule has 2 N–H and O–H groups in total. The number of thiazole rings is 1. The van der Waals surface area contributed by atoms with E-state index in [9.17, 15) is 13.2 Å². The van der Waals surface area contributed by atoms with E-state index in [1.807, 2.05) is 4.90 Å². The topological polar surface area (TPSA) is 106 Å². The number of aromatic nitrogens is 1. The number of hydrogen-bond acceptors (Lipinski definition) is 7. The number of hydrogen-bond donors (Lipinski definition) is 2. The minimum absolute atomic E-state index is 0.302. The number of rotatable bonds is 4. The summed E-state index contributed by atoms with van der Waals surface area (Å²) in [6.07, 6.45) is 1.38. The Bertz CT molecular complexity index is 607. The maximum atomic E-state index is 12.0. The lowest BCUT2D eigenvalue weighted by molar-refractivity contribution is 0.0710. The molecule has 0 atom stereocenters. The van der Waals surface area contributed by atoms with Crippen LogP contribution in [0.15, 0.2) is 6.20 Å². The quantitative estimate of drug-likeness (QED) is 0.551. The molecule has 0 aliphatic carbocycles. The summed E-state index contributed by atoms with van der Waals surface area (Å²) in [5.41, 5.74) is 1.56. The predicted octanol–water partition coefficient (Wildman–Crippen LogP) is -0.809. The second-order valence-corrected chi connectivity index (χ2v) is 7.78. The van der Waals surface area contributed by atoms with Gasteiger partial charge in [0, 0.05) is 40.3 Å². The summed E-state index contributed by atoms with van der Waals surface area (Å²) in [5.74, 6) is -0.604. The van der Waals surface area contributed by atoms with Crippen molar-refractivity contribution in [1.29, 1.82) is 0 Å². The molecule has 1 amide bonds. The summed E-state index contributed by atoms with van der Waals surface area (Å²) in [7, 11) is -0.387. The molecule has 0 unspecified atom stereocenters. The Labute approximate surface area is 126 Å². The Morgan fingerprint density at radius 3 is 2.52 bits per heavy atom. The molecule has 1 aromatic heterocycles. The van der Waals surface area contributed by atoms with Gasteiger partial charge in [-0.05, 0) is 0 Å². The number of carbonyl (C=O) groups excluding carboxylic acids is 1. The lowest BCUT2D eigenvalue weighted by atomic mass is 10.4. The summed E-state index contributed by atoms with van der Waals surface area (Å²) in [5, 5.41) is 9.21. The van der Waals surface area contributed by atoms with Gasteiger partial charge < -0.3 is 4.90 Å². The number of anilines is 1. The van der Waals surface area contributed by atoms with E-state index in [0.29, 0.717) is 36.2 Å². The van der Waals surface area contributed by atoms with Gasteiger partial charge in [-0.2, -0.15) is 17.0 Å². The summed E-state index contributed by atoms with van der Waals surface area (Å²) in [6, 6.07) is 0. The van der Waals surface area contributed by atoms with Crippen LogP contribution in [0.3, 0.4) is 0 Å². The second kappa shape index (κ2) is 6.23. The largest absolute Gasteiger partial charge is 0.345 e. The van der Waals surface area contributed by atoms with Crippen molar-refractivity contribution in [3.8, 4) is 0 Å². The first-order valence-electron chi connectivity index (χ1n) is 6.19. The molecule has 1 fully saturated rings. The van der Waals surface area contributed by atoms with Gasteiger partial charge in [0.15, 0.2) is 5.13 Å². The Morgan fingerprint density at radius 2 is 2.00 bits per heavy atom. The van der Waals surface area contributed by atoms with E-state index in [2.05, 4.69) is 4.98 Å². The normalized spacial score (nSPS) is 17.2. The van der Waals surface area contributed by atoms with Crippen molar-refractivity contribution in [2.75, 3.05) is 45.2 Å². The SMILES string of the molecule is CN(C)S(=O)(=O)N1CCN(c2ncc(C(=O)NO)s2)CC1. The van der Waals surface area contributed by atoms with E-state index in [-0.39, 0.29) is 0 Å². The highest BCUT2D eigenvalue weighted by Gasteiger charge is 2.29. The first kappa shape index (κ1) is 16.1. The smallest absolute Gasteiger partial charge is 0.286 e. The van der Waals surface area contributed by atoms with Crippen LogP contribution in [-0.4, -0.2) is 73.4 Å². The monoisotopic (exact) mass is 335 g/mol. The molecule has 21 heavy (non-hydrogen) atoms. The van der Waals surface area contributed by atoms with Crippen LogP contribution in [0.5, 0.6) is 0 Å². The Balaban J connectivity index is 2.01. The van der Waals surface area contributed by atoms with Crippen LogP contribution in [0.4, 0.5) is 5.13 Å². The molecular formula is C10H17N5O4S2. The molecule has 2 heterocycles. The molecule has 1 aliphatic heterocycles. The van der Waals surface area contributed by atoms with E-state index >= 15 is 0 Å². The lowest BCUT2D eigenvalue weighted by Gasteiger charge is -2.34. The van der Waals surface area contributed by atoms with Crippen molar-refractivity contribution in [3.63, 3.8) is 0 Å². The average Bonchev–Trinajstić information content (AvgIpc) is 2.96. The standard InChI is InChI=1S/C10H17N5O4S2/c1-13(2)21(18,19)15-5-3-14(4-6-15)10-11-7-8(20-10)9(16)12-17/h7,17H,3-6H2,1-2H3,(H,12,16). The van der Waals surface area contributed by atoms with Gasteiger partial charge in [-0.1, -0.05) is 11.3 Å². The number of hydroxylamine groups is 1. The molecule has 0 aromatic carbocycles. The van der Waals surface area contributed by atoms with Gasteiger partial charge >= 0.3 is 0 Å². The maximum absolute atomic E-state index is 12.0. The van der Waals surface area contributed by atoms with E-state index in [4.69, 9.17) is 5.21 Å². The molecule has 1 aromatic rings. The molecule has 11 heteroatoms. The van der Waals surface area contributed by atoms with Gasteiger partial charge in [-0.15, -0.1) is 0 Å². The van der Waals surface area contributed by atoms with E-state index < -0.39 is 16.1 Å². The highest BCUT2D eigenvalue weighted by molar-refractivity contribution is 7.86. The first-order chi connectivity index (χ1) is 9.86. The average molecular weight is 335 g/mol. The Morgan fingerprint density at radius 1 is 1.38 bits per heavy atom. The van der Waals surface area contributed by atoms with Crippen LogP contribution in [0.25, 0.3) is 0 Å². The predicted molar refractivity (Wildman–Crippen MR) is 77.8 cm³/mol. The van der Waals surface area contributed by atoms with Gasteiger partial charge in [-0.3, -0.25) is 10.0 Å². The minimum Gasteiger partial charge on any atom is -0.345 e. The van der Waals surface area contributed by atoms with Crippen LogP contribution in [0.1, 0.15) is 9.67 Å². The molecule has 0 saturated carbocycles. The number of nitrogens with zero attached hydrogens (tertiary/aromatic N) is 4. The first-order valence-corrected chi connectivity index (χ1v) is 8.40. The third-order valence-electron chi connectivity index (χ3n) is 3.12. The molecule has 9 nitrogen and oxygen atoms in total. The summed E-state index contributed by atoms with van der Waals surface area (Å²) in [4.78, 5) is 17.6. The number of amides is 1. The van der Waals surface area contributed by atoms with Gasteiger partial charge in [0.2, 0.25) is 0 Å². The molecule has 0 bridgehead atoms. The zero-order valence-corrected chi connectivity index (χ0v) is 13.3. The molecule has 118 valence electrons. The fourth-order valence-corrected chi connectivity index (χ4v) is 3.86. The Kier molecular flexibility index (Phi) is 4.78. The second-order valence-electron chi connectivity index (χ2n) is 4.62. The fraction of sp³-hybridized carbons (Fsp3) is 0.600. The number of nitrogens with one attached hydrogen (secondary N) is 1. The van der Waals surface area contributed by atoms with Crippen LogP contribution in [0.2, 0.25) is 0 Å². The van der Waals surface area contributed by atoms with Crippen molar-refractivity contribution in [3.05, 3.63) is 11.1 Å². The van der Waals surface area contributed by atoms with Gasteiger partial charge in [0.1, 0.15) is 4.88 Å². The third kappa shape index (κ3) is 3.32. The number of carbonyl (C=O) groups is 1. The Hall–Kier alpha value is -1.27. The molecule has 1 aliphatic rings. The molecule has 0 radical (unpaired) electrons. The van der Waals surface area contributed by atoms with Crippen molar-refractivity contribution < 1.29 is 18.4 Å². The van der Waals surface area contributed by atoms with E-state index in [1.165, 1.54) is 28.9 Å². The van der Waals surface area contributed by atoms with Crippen LogP contribution in [-0.2, 0) is 10.2 Å². The zero-order valence-electron chi connectivity index (χ0n) is 11.7. The van der Waals surface area contributed by atoms with Crippen molar-refractivity contribution in [2.45, 2.75) is 0 Å². The van der Waals surface area contributed by atoms with Gasteiger partial charge in [-0.25, -0.2) is 10.5 Å². The zero-order chi connectivity index (χ0) is 15.6. The van der Waals surface area contributed by atoms with Crippen LogP contribution in [0, 0.1) is 0 Å². The molecule has 2 rings (SSSR count). The number of piperazine rings is 1. The fourth-order valence-electron chi connectivity index (χ4n) is 1.91. The summed E-state index contributed by atoms with van der Waals surface area (Å²) < 4.78 is 26.6. The van der Waals surface area contributed by atoms with Gasteiger partial charge in [0.25, 0.3) is 16.1 Å². The lowest BCUT2D eigenvalue weighted by Crippen LogP contribution is -2.51. The molecule has 1 saturated heterocycles. The van der Waals surface area contributed by atoms with Crippen molar-refractivity contribution in [2.24, 2.45) is 0 Å². The van der Waals surface area contributed by atoms with Crippen molar-refractivity contribution in [1.82, 2.24) is 19.1 Å².